The molecule has 2 aromatic rings. The third-order valence-electron chi connectivity index (χ3n) is 4.74. The van der Waals surface area contributed by atoms with Crippen LogP contribution in [0.15, 0.2) is 65.1 Å². The van der Waals surface area contributed by atoms with Gasteiger partial charge in [0.15, 0.2) is 0 Å². The largest absolute Gasteiger partial charge is 0.206 e. The highest BCUT2D eigenvalue weighted by Crippen LogP contribution is 2.46. The third kappa shape index (κ3) is 4.48. The molecule has 0 aromatic heterocycles. The summed E-state index contributed by atoms with van der Waals surface area (Å²) in [5.74, 6) is -0.169. The van der Waals surface area contributed by atoms with Gasteiger partial charge in [0.1, 0.15) is 5.82 Å². The van der Waals surface area contributed by atoms with Crippen LogP contribution in [0.1, 0.15) is 53.0 Å². The predicted molar refractivity (Wildman–Crippen MR) is 116 cm³/mol. The molecule has 1 atom stereocenters. The molecule has 1 aliphatic heterocycles. The lowest BCUT2D eigenvalue weighted by Gasteiger charge is -2.13. The van der Waals surface area contributed by atoms with Gasteiger partial charge in [-0.2, -0.15) is 0 Å². The van der Waals surface area contributed by atoms with Gasteiger partial charge in [0, 0.05) is 10.8 Å². The van der Waals surface area contributed by atoms with Gasteiger partial charge < -0.3 is 0 Å². The summed E-state index contributed by atoms with van der Waals surface area (Å²) in [4.78, 5) is 1.41. The summed E-state index contributed by atoms with van der Waals surface area (Å²) in [5, 5.41) is 0.571. The summed E-state index contributed by atoms with van der Waals surface area (Å²) in [5.41, 5.74) is 5.81. The fourth-order valence-electron chi connectivity index (χ4n) is 3.35. The number of allylic oxidation sites excluding steroid dienone is 3. The molecule has 2 aromatic carbocycles. The van der Waals surface area contributed by atoms with E-state index in [1.807, 2.05) is 49.9 Å². The maximum absolute atomic E-state index is 13.9. The Bertz CT molecular complexity index is 784. The number of benzene rings is 2. The first-order chi connectivity index (χ1) is 12.6. The smallest absolute Gasteiger partial charge is 0.131 e. The van der Waals surface area contributed by atoms with Crippen LogP contribution in [0, 0.1) is 5.82 Å². The van der Waals surface area contributed by atoms with Crippen molar-refractivity contribution in [3.05, 3.63) is 76.5 Å². The fourth-order valence-corrected chi connectivity index (χ4v) is 4.82. The molecule has 2 heteroatoms. The van der Waals surface area contributed by atoms with Gasteiger partial charge in [0.25, 0.3) is 0 Å². The van der Waals surface area contributed by atoms with E-state index in [0.717, 1.165) is 18.4 Å². The van der Waals surface area contributed by atoms with E-state index in [2.05, 4.69) is 39.0 Å². The monoisotopic (exact) mass is 368 g/mol. The Labute approximate surface area is 162 Å². The minimum absolute atomic E-state index is 0.169. The highest BCUT2D eigenvalue weighted by molar-refractivity contribution is 8.04. The van der Waals surface area contributed by atoms with Gasteiger partial charge in [0.05, 0.1) is 0 Å². The summed E-state index contributed by atoms with van der Waals surface area (Å²) in [6.07, 6.45) is 4.46. The molecule has 1 aliphatic rings. The van der Waals surface area contributed by atoms with Crippen LogP contribution in [0.3, 0.4) is 0 Å². The van der Waals surface area contributed by atoms with E-state index in [-0.39, 0.29) is 5.82 Å². The number of halogens is 1. The van der Waals surface area contributed by atoms with Crippen molar-refractivity contribution in [2.24, 2.45) is 0 Å². The second kappa shape index (κ2) is 9.78. The van der Waals surface area contributed by atoms with E-state index in [0.29, 0.717) is 10.8 Å². The maximum atomic E-state index is 13.9. The van der Waals surface area contributed by atoms with Crippen LogP contribution in [-0.4, -0.2) is 5.25 Å². The molecule has 0 saturated heterocycles. The molecule has 0 radical (unpaired) electrons. The lowest BCUT2D eigenvalue weighted by Crippen LogP contribution is -2.02. The van der Waals surface area contributed by atoms with Crippen molar-refractivity contribution in [1.82, 2.24) is 0 Å². The maximum Gasteiger partial charge on any atom is 0.131 e. The molecule has 0 nitrogen and oxygen atoms in total. The highest BCUT2D eigenvalue weighted by Gasteiger charge is 2.25. The molecule has 0 fully saturated rings. The topological polar surface area (TPSA) is 0 Å². The standard InChI is InChI=1S/C22H23FS.C2H6/c1-4-16(5-2)22-14-20(15(3)24-22)18-12-10-17(11-13-18)19-8-6-7-9-21(19)23;1-2/h4,6-13,22H,5,14H2,1-3H3;1-2H3/b16-4+;. The Balaban J connectivity index is 0.00000117. The first kappa shape index (κ1) is 20.5. The first-order valence-electron chi connectivity index (χ1n) is 9.50. The molecule has 0 amide bonds. The zero-order valence-electron chi connectivity index (χ0n) is 16.5. The number of rotatable bonds is 4. The molecule has 0 spiro atoms. The molecule has 0 saturated carbocycles. The molecule has 0 N–H and O–H groups in total. The van der Waals surface area contributed by atoms with E-state index < -0.39 is 0 Å². The van der Waals surface area contributed by atoms with Gasteiger partial charge in [-0.1, -0.05) is 74.9 Å². The molecule has 1 unspecified atom stereocenters. The van der Waals surface area contributed by atoms with Gasteiger partial charge in [-0.3, -0.25) is 0 Å². The van der Waals surface area contributed by atoms with Gasteiger partial charge >= 0.3 is 0 Å². The molecule has 1 heterocycles. The molecule has 0 aliphatic carbocycles. The lowest BCUT2D eigenvalue weighted by atomic mass is 9.95. The summed E-state index contributed by atoms with van der Waals surface area (Å²) < 4.78 is 13.9. The van der Waals surface area contributed by atoms with E-state index in [1.165, 1.54) is 27.7 Å². The molecule has 26 heavy (non-hydrogen) atoms. The fraction of sp³-hybridized carbons (Fsp3) is 0.333. The zero-order chi connectivity index (χ0) is 19.1. The van der Waals surface area contributed by atoms with Crippen LogP contribution < -0.4 is 0 Å². The van der Waals surface area contributed by atoms with E-state index >= 15 is 0 Å². The van der Waals surface area contributed by atoms with Gasteiger partial charge in [-0.05, 0) is 54.4 Å². The molecule has 0 bridgehead atoms. The van der Waals surface area contributed by atoms with E-state index in [1.54, 1.807) is 6.07 Å². The van der Waals surface area contributed by atoms with Crippen LogP contribution >= 0.6 is 11.8 Å². The van der Waals surface area contributed by atoms with Crippen molar-refractivity contribution in [3.8, 4) is 11.1 Å². The lowest BCUT2D eigenvalue weighted by molar-refractivity contribution is 0.631. The summed E-state index contributed by atoms with van der Waals surface area (Å²) in [6.45, 7) is 10.6. The highest BCUT2D eigenvalue weighted by atomic mass is 32.2. The summed E-state index contributed by atoms with van der Waals surface area (Å²) >= 11 is 1.98. The van der Waals surface area contributed by atoms with E-state index in [4.69, 9.17) is 0 Å². The normalized spacial score (nSPS) is 17.2. The minimum atomic E-state index is -0.169. The van der Waals surface area contributed by atoms with Crippen molar-refractivity contribution >= 4 is 17.3 Å². The summed E-state index contributed by atoms with van der Waals surface area (Å²) in [7, 11) is 0. The zero-order valence-corrected chi connectivity index (χ0v) is 17.3. The van der Waals surface area contributed by atoms with Crippen molar-refractivity contribution in [3.63, 3.8) is 0 Å². The SMILES string of the molecule is C/C=C(\CC)C1CC(c2ccc(-c3ccccc3F)cc2)=C(C)S1.CC. The Hall–Kier alpha value is -1.80. The van der Waals surface area contributed by atoms with Crippen LogP contribution in [0.25, 0.3) is 16.7 Å². The average molecular weight is 369 g/mol. The van der Waals surface area contributed by atoms with Gasteiger partial charge in [0.2, 0.25) is 0 Å². The van der Waals surface area contributed by atoms with Crippen molar-refractivity contribution in [2.75, 3.05) is 0 Å². The van der Waals surface area contributed by atoms with Gasteiger partial charge in [-0.25, -0.2) is 4.39 Å². The van der Waals surface area contributed by atoms with Crippen LogP contribution in [0.5, 0.6) is 0 Å². The predicted octanol–water partition coefficient (Wildman–Crippen LogP) is 8.11. The second-order valence-electron chi connectivity index (χ2n) is 6.12. The van der Waals surface area contributed by atoms with Crippen LogP contribution in [-0.2, 0) is 0 Å². The van der Waals surface area contributed by atoms with Crippen molar-refractivity contribution < 1.29 is 4.39 Å². The Morgan fingerprint density at radius 1 is 1.08 bits per heavy atom. The minimum Gasteiger partial charge on any atom is -0.206 e. The third-order valence-corrected chi connectivity index (χ3v) is 6.10. The first-order valence-corrected chi connectivity index (χ1v) is 10.4. The van der Waals surface area contributed by atoms with Crippen LogP contribution in [0.2, 0.25) is 0 Å². The Morgan fingerprint density at radius 3 is 2.27 bits per heavy atom. The van der Waals surface area contributed by atoms with Crippen molar-refractivity contribution in [2.45, 2.75) is 52.7 Å². The number of hydrogen-bond acceptors (Lipinski definition) is 1. The Morgan fingerprint density at radius 2 is 1.69 bits per heavy atom. The van der Waals surface area contributed by atoms with Crippen molar-refractivity contribution in [1.29, 1.82) is 0 Å². The van der Waals surface area contributed by atoms with Gasteiger partial charge in [-0.15, -0.1) is 11.8 Å². The van der Waals surface area contributed by atoms with E-state index in [9.17, 15) is 4.39 Å². The molecule has 3 rings (SSSR count). The molecular formula is C24H29FS. The quantitative estimate of drug-likeness (QED) is 0.491. The number of thioether (sulfide) groups is 1. The molecular weight excluding hydrogens is 339 g/mol. The Kier molecular flexibility index (Phi) is 7.71. The number of hydrogen-bond donors (Lipinski definition) is 0. The average Bonchev–Trinajstić information content (AvgIpc) is 3.06. The van der Waals surface area contributed by atoms with Crippen LogP contribution in [0.4, 0.5) is 4.39 Å². The molecule has 138 valence electrons. The second-order valence-corrected chi connectivity index (χ2v) is 7.54. The summed E-state index contributed by atoms with van der Waals surface area (Å²) in [6, 6.07) is 15.3.